The molecule has 1 aliphatic carbocycles. The number of piperazine rings is 1. The average Bonchev–Trinajstić information content (AvgIpc) is 2.80. The molecule has 0 amide bonds. The minimum absolute atomic E-state index is 0.151. The third-order valence-corrected chi connectivity index (χ3v) is 6.17. The van der Waals surface area contributed by atoms with Crippen molar-refractivity contribution in [2.75, 3.05) is 36.0 Å². The third kappa shape index (κ3) is 3.65. The molecule has 0 saturated carbocycles. The molecule has 6 nitrogen and oxygen atoms in total. The van der Waals surface area contributed by atoms with Crippen LogP contribution in [0.15, 0.2) is 54.9 Å². The molecule has 152 valence electrons. The van der Waals surface area contributed by atoms with E-state index in [1.165, 1.54) is 11.1 Å². The van der Waals surface area contributed by atoms with Crippen LogP contribution in [0.2, 0.25) is 0 Å². The summed E-state index contributed by atoms with van der Waals surface area (Å²) in [5.41, 5.74) is 4.03. The highest BCUT2D eigenvalue weighted by Gasteiger charge is 2.30. The summed E-state index contributed by atoms with van der Waals surface area (Å²) in [4.78, 5) is 30.0. The molecule has 2 aromatic heterocycles. The Hall–Kier alpha value is -3.28. The largest absolute Gasteiger partial charge is 0.333 e. The lowest BCUT2D eigenvalue weighted by molar-refractivity contribution is -0.364. The monoisotopic (exact) mass is 400 g/mol. The first-order valence-electron chi connectivity index (χ1n) is 10.6. The molecular formula is C24H26N5O+. The minimum atomic E-state index is 0.151. The van der Waals surface area contributed by atoms with Gasteiger partial charge < -0.3 is 4.90 Å². The number of H-pyrrole nitrogens is 1. The van der Waals surface area contributed by atoms with Gasteiger partial charge in [0.1, 0.15) is 13.1 Å². The molecule has 1 fully saturated rings. The Bertz CT molecular complexity index is 1040. The second-order valence-electron chi connectivity index (χ2n) is 8.19. The summed E-state index contributed by atoms with van der Waals surface area (Å²) < 4.78 is 0. The fraction of sp³-hybridized carbons (Fsp3) is 0.333. The highest BCUT2D eigenvalue weighted by atomic mass is 16.1. The van der Waals surface area contributed by atoms with E-state index < -0.39 is 0 Å². The first-order valence-corrected chi connectivity index (χ1v) is 10.6. The lowest BCUT2D eigenvalue weighted by Gasteiger charge is -2.31. The van der Waals surface area contributed by atoms with Gasteiger partial charge in [-0.3, -0.25) is 9.69 Å². The zero-order chi connectivity index (χ0) is 20.5. The van der Waals surface area contributed by atoms with E-state index >= 15 is 0 Å². The zero-order valence-corrected chi connectivity index (χ0v) is 17.2. The van der Waals surface area contributed by atoms with E-state index in [9.17, 15) is 4.79 Å². The standard InChI is InChI=1S/C24H25N5O/c1-17-5-7-18(8-6-17)19-14-21-20(22(30)15-19)16-26-24(27-21)29-12-10-28(11-13-29)23-4-2-3-9-25-23/h2-9,16,19H,10-15H2,1H3/p+1/t19-/m1/s1. The van der Waals surface area contributed by atoms with E-state index in [2.05, 4.69) is 57.0 Å². The van der Waals surface area contributed by atoms with Crippen molar-refractivity contribution in [1.82, 2.24) is 9.97 Å². The van der Waals surface area contributed by atoms with Gasteiger partial charge in [0.25, 0.3) is 5.82 Å². The molecule has 0 bridgehead atoms. The molecular weight excluding hydrogens is 374 g/mol. The van der Waals surface area contributed by atoms with E-state index in [0.29, 0.717) is 12.0 Å². The fourth-order valence-electron chi connectivity index (χ4n) is 4.39. The summed E-state index contributed by atoms with van der Waals surface area (Å²) in [6.45, 7) is 5.62. The lowest BCUT2D eigenvalue weighted by atomic mass is 9.82. The van der Waals surface area contributed by atoms with Crippen molar-refractivity contribution < 1.29 is 9.78 Å². The van der Waals surface area contributed by atoms with Crippen LogP contribution in [0.4, 0.5) is 11.8 Å². The van der Waals surface area contributed by atoms with Crippen molar-refractivity contribution >= 4 is 17.5 Å². The zero-order valence-electron chi connectivity index (χ0n) is 17.2. The normalized spacial score (nSPS) is 19.0. The van der Waals surface area contributed by atoms with Crippen LogP contribution in [0.1, 0.15) is 39.5 Å². The minimum Gasteiger partial charge on any atom is -0.333 e. The van der Waals surface area contributed by atoms with Gasteiger partial charge in [-0.25, -0.2) is 15.0 Å². The van der Waals surface area contributed by atoms with Crippen LogP contribution in [0.5, 0.6) is 0 Å². The molecule has 0 radical (unpaired) electrons. The Morgan fingerprint density at radius 2 is 1.73 bits per heavy atom. The van der Waals surface area contributed by atoms with Crippen LogP contribution in [0.3, 0.4) is 0 Å². The van der Waals surface area contributed by atoms with Crippen molar-refractivity contribution in [3.63, 3.8) is 0 Å². The topological polar surface area (TPSA) is 63.5 Å². The molecule has 3 heterocycles. The number of hydrogen-bond donors (Lipinski definition) is 0. The van der Waals surface area contributed by atoms with Crippen LogP contribution in [0, 0.1) is 6.92 Å². The fourth-order valence-corrected chi connectivity index (χ4v) is 4.39. The van der Waals surface area contributed by atoms with Crippen LogP contribution in [-0.2, 0) is 6.42 Å². The molecule has 6 heteroatoms. The lowest BCUT2D eigenvalue weighted by Crippen LogP contribution is -2.48. The average molecular weight is 401 g/mol. The van der Waals surface area contributed by atoms with Crippen molar-refractivity contribution in [3.05, 3.63) is 77.2 Å². The maximum Gasteiger partial charge on any atom is 0.274 e. The number of carbonyl (C=O) groups excluding carboxylic acids is 1. The van der Waals surface area contributed by atoms with Gasteiger partial charge >= 0.3 is 0 Å². The Kier molecular flexibility index (Phi) is 4.91. The van der Waals surface area contributed by atoms with Crippen molar-refractivity contribution in [1.29, 1.82) is 0 Å². The summed E-state index contributed by atoms with van der Waals surface area (Å²) in [6.07, 6.45) is 5.02. The predicted molar refractivity (Wildman–Crippen MR) is 116 cm³/mol. The number of nitrogens with zero attached hydrogens (tertiary/aromatic N) is 4. The second-order valence-corrected chi connectivity index (χ2v) is 8.19. The molecule has 2 aliphatic rings. The molecule has 1 aromatic carbocycles. The summed E-state index contributed by atoms with van der Waals surface area (Å²) in [7, 11) is 0. The van der Waals surface area contributed by atoms with Gasteiger partial charge in [-0.1, -0.05) is 35.9 Å². The van der Waals surface area contributed by atoms with Crippen LogP contribution < -0.4 is 14.8 Å². The van der Waals surface area contributed by atoms with E-state index in [1.54, 1.807) is 6.20 Å². The van der Waals surface area contributed by atoms with E-state index in [-0.39, 0.29) is 11.7 Å². The van der Waals surface area contributed by atoms with Crippen LogP contribution in [-0.4, -0.2) is 41.9 Å². The number of anilines is 2. The number of Topliss-reactive ketones (excluding diaryl/α,β-unsaturated/α-hetero) is 1. The predicted octanol–water partition coefficient (Wildman–Crippen LogP) is 2.84. The Morgan fingerprint density at radius 1 is 0.967 bits per heavy atom. The molecule has 5 rings (SSSR count). The number of fused-ring (bicyclic) bond motifs is 1. The van der Waals surface area contributed by atoms with Gasteiger partial charge in [0.05, 0.1) is 30.5 Å². The smallest absolute Gasteiger partial charge is 0.274 e. The number of aromatic nitrogens is 3. The van der Waals surface area contributed by atoms with E-state index in [0.717, 1.165) is 50.1 Å². The number of carbonyl (C=O) groups is 1. The number of pyridine rings is 1. The number of nitrogens with one attached hydrogen (secondary N) is 1. The number of aryl methyl sites for hydroxylation is 1. The highest BCUT2D eigenvalue weighted by molar-refractivity contribution is 5.98. The van der Waals surface area contributed by atoms with Crippen molar-refractivity contribution in [2.45, 2.75) is 25.7 Å². The molecule has 1 saturated heterocycles. The second kappa shape index (κ2) is 7.86. The maximum atomic E-state index is 12.7. The highest BCUT2D eigenvalue weighted by Crippen LogP contribution is 2.32. The summed E-state index contributed by atoms with van der Waals surface area (Å²) in [6, 6.07) is 14.6. The number of aromatic amines is 1. The van der Waals surface area contributed by atoms with Crippen molar-refractivity contribution in [2.24, 2.45) is 0 Å². The van der Waals surface area contributed by atoms with Crippen molar-refractivity contribution in [3.8, 4) is 0 Å². The van der Waals surface area contributed by atoms with Crippen LogP contribution in [0.25, 0.3) is 0 Å². The number of benzene rings is 1. The number of hydrogen-bond acceptors (Lipinski definition) is 5. The molecule has 0 unspecified atom stereocenters. The quantitative estimate of drug-likeness (QED) is 0.677. The molecule has 0 spiro atoms. The molecule has 3 aromatic rings. The van der Waals surface area contributed by atoms with E-state index in [4.69, 9.17) is 4.98 Å². The summed E-state index contributed by atoms with van der Waals surface area (Å²) in [5.74, 6) is 2.22. The first kappa shape index (κ1) is 18.7. The Labute approximate surface area is 176 Å². The van der Waals surface area contributed by atoms with Gasteiger partial charge in [-0.05, 0) is 30.9 Å². The SMILES string of the molecule is Cc1ccc([C@H]2CC(=O)c3cnc(N4CCN(c5cccc[nH+]5)CC4)nc3C2)cc1. The molecule has 1 aliphatic heterocycles. The first-order chi connectivity index (χ1) is 14.7. The number of rotatable bonds is 3. The molecule has 1 atom stereocenters. The van der Waals surface area contributed by atoms with Crippen LogP contribution >= 0.6 is 0 Å². The Morgan fingerprint density at radius 3 is 2.47 bits per heavy atom. The van der Waals surface area contributed by atoms with E-state index in [1.807, 2.05) is 18.3 Å². The summed E-state index contributed by atoms with van der Waals surface area (Å²) in [5, 5.41) is 0. The molecule has 30 heavy (non-hydrogen) atoms. The van der Waals surface area contributed by atoms with Gasteiger partial charge in [0, 0.05) is 18.7 Å². The van der Waals surface area contributed by atoms with Gasteiger partial charge in [0.2, 0.25) is 5.95 Å². The number of ketones is 1. The maximum absolute atomic E-state index is 12.7. The summed E-state index contributed by atoms with van der Waals surface area (Å²) >= 11 is 0. The molecule has 1 N–H and O–H groups in total. The third-order valence-electron chi connectivity index (χ3n) is 6.17. The van der Waals surface area contributed by atoms with Gasteiger partial charge in [-0.2, -0.15) is 0 Å². The van der Waals surface area contributed by atoms with Gasteiger partial charge in [-0.15, -0.1) is 0 Å². The Balaban J connectivity index is 1.32. The van der Waals surface area contributed by atoms with Gasteiger partial charge in [0.15, 0.2) is 5.78 Å².